The summed E-state index contributed by atoms with van der Waals surface area (Å²) in [6.07, 6.45) is 0.891. The smallest absolute Gasteiger partial charge is 0.275 e. The molecule has 0 fully saturated rings. The van der Waals surface area contributed by atoms with Crippen molar-refractivity contribution in [3.05, 3.63) is 81.3 Å². The second kappa shape index (κ2) is 7.08. The van der Waals surface area contributed by atoms with Gasteiger partial charge < -0.3 is 5.32 Å². The number of fused-ring (bicyclic) bond motifs is 1. The van der Waals surface area contributed by atoms with Gasteiger partial charge in [-0.25, -0.2) is 9.07 Å². The van der Waals surface area contributed by atoms with Crippen LogP contribution in [-0.2, 0) is 4.79 Å². The second-order valence-corrected chi connectivity index (χ2v) is 8.86. The number of rotatable bonds is 3. The normalized spacial score (nSPS) is 19.2. The molecule has 5 rings (SSSR count). The number of hydrogen-bond donors (Lipinski definition) is 1. The topological polar surface area (TPSA) is 103 Å². The van der Waals surface area contributed by atoms with E-state index in [1.807, 2.05) is 13.8 Å². The summed E-state index contributed by atoms with van der Waals surface area (Å²) in [6.45, 7) is 4.00. The Morgan fingerprint density at radius 2 is 1.88 bits per heavy atom. The Morgan fingerprint density at radius 3 is 2.62 bits per heavy atom. The first-order chi connectivity index (χ1) is 15.2. The van der Waals surface area contributed by atoms with E-state index in [2.05, 4.69) is 15.4 Å². The van der Waals surface area contributed by atoms with E-state index in [-0.39, 0.29) is 28.3 Å². The van der Waals surface area contributed by atoms with Gasteiger partial charge in [0.05, 0.1) is 16.1 Å². The van der Waals surface area contributed by atoms with Gasteiger partial charge in [-0.05, 0) is 30.0 Å². The molecule has 0 radical (unpaired) electrons. The van der Waals surface area contributed by atoms with Crippen molar-refractivity contribution in [2.75, 3.05) is 5.32 Å². The monoisotopic (exact) mass is 433 g/mol. The van der Waals surface area contributed by atoms with Crippen molar-refractivity contribution in [3.8, 4) is 11.4 Å². The lowest BCUT2D eigenvalue weighted by Crippen LogP contribution is -2.36. The third-order valence-corrected chi connectivity index (χ3v) is 5.87. The maximum Gasteiger partial charge on any atom is 0.275 e. The molecule has 0 bridgehead atoms. The van der Waals surface area contributed by atoms with Crippen LogP contribution in [0.25, 0.3) is 11.4 Å². The van der Waals surface area contributed by atoms with Crippen molar-refractivity contribution in [1.82, 2.24) is 14.8 Å². The maximum absolute atomic E-state index is 14.4. The summed E-state index contributed by atoms with van der Waals surface area (Å²) in [4.78, 5) is 29.1. The first-order valence-corrected chi connectivity index (χ1v) is 10.2. The second-order valence-electron chi connectivity index (χ2n) is 8.86. The largest absolute Gasteiger partial charge is 0.328 e. The minimum atomic E-state index is -0.834. The minimum absolute atomic E-state index is 0.0968. The average molecular weight is 433 g/mol. The molecule has 2 aromatic carbocycles. The molecule has 8 nitrogen and oxygen atoms in total. The van der Waals surface area contributed by atoms with Crippen LogP contribution in [0.1, 0.15) is 38.3 Å². The van der Waals surface area contributed by atoms with E-state index >= 15 is 0 Å². The number of aromatic nitrogens is 3. The van der Waals surface area contributed by atoms with Crippen molar-refractivity contribution < 1.29 is 14.1 Å². The van der Waals surface area contributed by atoms with Gasteiger partial charge >= 0.3 is 0 Å². The van der Waals surface area contributed by atoms with Crippen molar-refractivity contribution in [1.29, 1.82) is 0 Å². The lowest BCUT2D eigenvalue weighted by Gasteiger charge is -2.38. The van der Waals surface area contributed by atoms with Crippen LogP contribution < -0.4 is 5.32 Å². The number of carbonyl (C=O) groups is 1. The number of allylic oxidation sites excluding steroid dienone is 2. The molecule has 2 heterocycles. The maximum atomic E-state index is 14.4. The van der Waals surface area contributed by atoms with Crippen LogP contribution in [0.5, 0.6) is 0 Å². The number of halogens is 1. The molecule has 0 saturated heterocycles. The Bertz CT molecular complexity index is 1310. The van der Waals surface area contributed by atoms with E-state index in [1.54, 1.807) is 36.4 Å². The summed E-state index contributed by atoms with van der Waals surface area (Å²) >= 11 is 0. The number of nitro benzene ring substituents is 1. The van der Waals surface area contributed by atoms with Crippen LogP contribution in [0.4, 0.5) is 16.0 Å². The zero-order valence-corrected chi connectivity index (χ0v) is 17.5. The third-order valence-electron chi connectivity index (χ3n) is 5.87. The highest BCUT2D eigenvalue weighted by Gasteiger charge is 2.43. The molecule has 1 unspecified atom stereocenters. The molecule has 162 valence electrons. The first kappa shape index (κ1) is 20.0. The molecule has 3 aromatic rings. The Morgan fingerprint density at radius 1 is 1.16 bits per heavy atom. The van der Waals surface area contributed by atoms with E-state index in [4.69, 9.17) is 0 Å². The number of nitrogens with zero attached hydrogens (tertiary/aromatic N) is 4. The summed E-state index contributed by atoms with van der Waals surface area (Å²) in [5, 5.41) is 19.5. The van der Waals surface area contributed by atoms with E-state index in [1.165, 1.54) is 16.8 Å². The molecule has 2 aliphatic rings. The number of nitrogens with one attached hydrogen (secondary N) is 1. The quantitative estimate of drug-likeness (QED) is 0.476. The van der Waals surface area contributed by atoms with Crippen LogP contribution in [0.3, 0.4) is 0 Å². The van der Waals surface area contributed by atoms with Crippen molar-refractivity contribution in [2.45, 2.75) is 32.7 Å². The fourth-order valence-corrected chi connectivity index (χ4v) is 4.54. The van der Waals surface area contributed by atoms with Crippen molar-refractivity contribution in [3.63, 3.8) is 0 Å². The number of anilines is 1. The Hall–Kier alpha value is -3.88. The number of carbonyl (C=O) groups excluding carboxylic acids is 1. The van der Waals surface area contributed by atoms with E-state index < -0.39 is 16.8 Å². The van der Waals surface area contributed by atoms with Gasteiger partial charge in [0.15, 0.2) is 11.6 Å². The van der Waals surface area contributed by atoms with Gasteiger partial charge in [-0.1, -0.05) is 38.1 Å². The average Bonchev–Trinajstić information content (AvgIpc) is 3.15. The number of ketones is 1. The van der Waals surface area contributed by atoms with E-state index in [0.29, 0.717) is 35.6 Å². The summed E-state index contributed by atoms with van der Waals surface area (Å²) in [5.74, 6) is -0.121. The molecular weight excluding hydrogens is 413 g/mol. The molecule has 9 heteroatoms. The highest BCUT2D eigenvalue weighted by Crippen LogP contribution is 2.47. The SMILES string of the molecule is CC1(C)CC(=O)C2=C(C1)Nc1nc(-c3ccccc3F)nn1C2c1ccccc1[N+](=O)[O-]. The van der Waals surface area contributed by atoms with Crippen LogP contribution in [0.15, 0.2) is 59.8 Å². The zero-order valence-electron chi connectivity index (χ0n) is 17.5. The fraction of sp³-hybridized carbons (Fsp3) is 0.261. The van der Waals surface area contributed by atoms with Crippen LogP contribution in [0, 0.1) is 21.3 Å². The Labute approximate surface area is 182 Å². The molecule has 1 aromatic heterocycles. The Kier molecular flexibility index (Phi) is 4.44. The molecule has 32 heavy (non-hydrogen) atoms. The molecule has 1 aliphatic heterocycles. The van der Waals surface area contributed by atoms with Crippen LogP contribution in [-0.4, -0.2) is 25.5 Å². The molecule has 1 atom stereocenters. The molecule has 1 N–H and O–H groups in total. The number of Topliss-reactive ketones (excluding diaryl/α,β-unsaturated/α-hetero) is 1. The van der Waals surface area contributed by atoms with Crippen molar-refractivity contribution >= 4 is 17.4 Å². The van der Waals surface area contributed by atoms with Gasteiger partial charge in [0, 0.05) is 23.8 Å². The molecular formula is C23H20FN5O3. The van der Waals surface area contributed by atoms with Gasteiger partial charge in [0.2, 0.25) is 5.95 Å². The summed E-state index contributed by atoms with van der Waals surface area (Å²) in [6, 6.07) is 11.6. The summed E-state index contributed by atoms with van der Waals surface area (Å²) < 4.78 is 15.9. The fourth-order valence-electron chi connectivity index (χ4n) is 4.54. The molecule has 1 aliphatic carbocycles. The standard InChI is InChI=1S/C23H20FN5O3/c1-23(2)11-16-19(18(30)12-23)20(14-8-4-6-10-17(14)29(31)32)28-22(25-16)26-21(27-28)13-7-3-5-9-15(13)24/h3-10,20H,11-12H2,1-2H3,(H,25,26,27). The van der Waals surface area contributed by atoms with Crippen molar-refractivity contribution in [2.24, 2.45) is 5.41 Å². The van der Waals surface area contributed by atoms with E-state index in [0.717, 1.165) is 0 Å². The number of benzene rings is 2. The third kappa shape index (κ3) is 3.17. The summed E-state index contributed by atoms with van der Waals surface area (Å²) in [7, 11) is 0. The molecule has 0 amide bonds. The minimum Gasteiger partial charge on any atom is -0.328 e. The predicted molar refractivity (Wildman–Crippen MR) is 115 cm³/mol. The highest BCUT2D eigenvalue weighted by molar-refractivity contribution is 6.00. The van der Waals surface area contributed by atoms with Gasteiger partial charge in [-0.2, -0.15) is 4.98 Å². The highest BCUT2D eigenvalue weighted by atomic mass is 19.1. The van der Waals surface area contributed by atoms with Gasteiger partial charge in [-0.3, -0.25) is 14.9 Å². The molecule has 0 spiro atoms. The summed E-state index contributed by atoms with van der Waals surface area (Å²) in [5.41, 5.74) is 1.28. The van der Waals surface area contributed by atoms with E-state index in [9.17, 15) is 19.3 Å². The number of para-hydroxylation sites is 1. The first-order valence-electron chi connectivity index (χ1n) is 10.2. The van der Waals surface area contributed by atoms with Gasteiger partial charge in [0.1, 0.15) is 11.9 Å². The van der Waals surface area contributed by atoms with Crippen LogP contribution >= 0.6 is 0 Å². The number of hydrogen-bond acceptors (Lipinski definition) is 6. The lowest BCUT2D eigenvalue weighted by atomic mass is 9.73. The zero-order chi connectivity index (χ0) is 22.6. The predicted octanol–water partition coefficient (Wildman–Crippen LogP) is 4.65. The van der Waals surface area contributed by atoms with Gasteiger partial charge in [-0.15, -0.1) is 5.10 Å². The lowest BCUT2D eigenvalue weighted by molar-refractivity contribution is -0.385. The molecule has 0 saturated carbocycles. The van der Waals surface area contributed by atoms with Crippen LogP contribution in [0.2, 0.25) is 0 Å². The van der Waals surface area contributed by atoms with Gasteiger partial charge in [0.25, 0.3) is 5.69 Å². The number of nitro groups is 1. The Balaban J connectivity index is 1.75.